The smallest absolute Gasteiger partial charge is 0.137 e. The zero-order valence-corrected chi connectivity index (χ0v) is 7.33. The van der Waals surface area contributed by atoms with Gasteiger partial charge in [-0.25, -0.2) is 4.98 Å². The molecule has 2 rings (SSSR count). The van der Waals surface area contributed by atoms with Crippen molar-refractivity contribution in [3.8, 4) is 0 Å². The molecule has 2 unspecified atom stereocenters. The molecule has 5 nitrogen and oxygen atoms in total. The molecule has 0 amide bonds. The molecule has 1 aromatic rings. The second-order valence-corrected chi connectivity index (χ2v) is 3.36. The maximum atomic E-state index is 8.90. The molecular weight excluding hydrogens is 170 g/mol. The van der Waals surface area contributed by atoms with Crippen molar-refractivity contribution in [1.82, 2.24) is 14.8 Å². The van der Waals surface area contributed by atoms with Crippen molar-refractivity contribution in [3.05, 3.63) is 12.7 Å². The van der Waals surface area contributed by atoms with E-state index in [0.29, 0.717) is 12.5 Å². The summed E-state index contributed by atoms with van der Waals surface area (Å²) < 4.78 is 7.24. The van der Waals surface area contributed by atoms with Gasteiger partial charge in [0.2, 0.25) is 0 Å². The fourth-order valence-corrected chi connectivity index (χ4v) is 1.57. The molecule has 0 spiro atoms. The van der Waals surface area contributed by atoms with Crippen LogP contribution >= 0.6 is 0 Å². The van der Waals surface area contributed by atoms with E-state index in [-0.39, 0.29) is 12.7 Å². The monoisotopic (exact) mass is 183 g/mol. The van der Waals surface area contributed by atoms with Gasteiger partial charge in [-0.15, -0.1) is 0 Å². The summed E-state index contributed by atoms with van der Waals surface area (Å²) in [6.07, 6.45) is 4.28. The zero-order chi connectivity index (χ0) is 9.10. The van der Waals surface area contributed by atoms with E-state index >= 15 is 0 Å². The molecular formula is C8H13N3O2. The Bertz CT molecular complexity index is 250. The van der Waals surface area contributed by atoms with E-state index in [9.17, 15) is 0 Å². The number of aliphatic hydroxyl groups is 1. The predicted molar refractivity (Wildman–Crippen MR) is 45.0 cm³/mol. The van der Waals surface area contributed by atoms with Crippen LogP contribution in [0.2, 0.25) is 0 Å². The molecule has 0 saturated carbocycles. The molecule has 1 aliphatic heterocycles. The first-order valence-electron chi connectivity index (χ1n) is 4.43. The Morgan fingerprint density at radius 1 is 1.62 bits per heavy atom. The van der Waals surface area contributed by atoms with Gasteiger partial charge in [0.1, 0.15) is 12.7 Å². The molecule has 0 aliphatic carbocycles. The first-order chi connectivity index (χ1) is 6.38. The first kappa shape index (κ1) is 8.65. The number of hydrogen-bond donors (Lipinski definition) is 1. The maximum Gasteiger partial charge on any atom is 0.137 e. The normalized spacial score (nSPS) is 28.1. The first-order valence-corrected chi connectivity index (χ1v) is 4.43. The van der Waals surface area contributed by atoms with Crippen molar-refractivity contribution in [2.75, 3.05) is 13.2 Å². The molecule has 1 fully saturated rings. The molecule has 1 N–H and O–H groups in total. The van der Waals surface area contributed by atoms with Crippen LogP contribution in [-0.4, -0.2) is 39.2 Å². The topological polar surface area (TPSA) is 60.2 Å². The minimum atomic E-state index is 0.179. The van der Waals surface area contributed by atoms with E-state index in [0.717, 1.165) is 13.0 Å². The maximum absolute atomic E-state index is 8.90. The molecule has 1 saturated heterocycles. The lowest BCUT2D eigenvalue weighted by atomic mass is 10.1. The second-order valence-electron chi connectivity index (χ2n) is 3.36. The third-order valence-electron chi connectivity index (χ3n) is 2.28. The Labute approximate surface area is 76.3 Å². The lowest BCUT2D eigenvalue weighted by Gasteiger charge is -2.07. The summed E-state index contributed by atoms with van der Waals surface area (Å²) in [4.78, 5) is 3.85. The van der Waals surface area contributed by atoms with Crippen LogP contribution in [0, 0.1) is 5.92 Å². The lowest BCUT2D eigenvalue weighted by Crippen LogP contribution is -2.15. The van der Waals surface area contributed by atoms with Gasteiger partial charge in [-0.2, -0.15) is 5.10 Å². The average molecular weight is 183 g/mol. The van der Waals surface area contributed by atoms with Crippen LogP contribution in [0.15, 0.2) is 12.7 Å². The Morgan fingerprint density at radius 3 is 3.15 bits per heavy atom. The van der Waals surface area contributed by atoms with Gasteiger partial charge in [-0.1, -0.05) is 0 Å². The van der Waals surface area contributed by atoms with Crippen molar-refractivity contribution in [2.45, 2.75) is 19.1 Å². The van der Waals surface area contributed by atoms with Gasteiger partial charge in [0.25, 0.3) is 0 Å². The molecule has 1 aliphatic rings. The van der Waals surface area contributed by atoms with E-state index in [4.69, 9.17) is 9.84 Å². The average Bonchev–Trinajstić information content (AvgIpc) is 2.76. The summed E-state index contributed by atoms with van der Waals surface area (Å²) in [5.74, 6) is 0.300. The van der Waals surface area contributed by atoms with Crippen LogP contribution in [0.25, 0.3) is 0 Å². The zero-order valence-electron chi connectivity index (χ0n) is 7.33. The van der Waals surface area contributed by atoms with Crippen LogP contribution in [0.5, 0.6) is 0 Å². The molecule has 0 bridgehead atoms. The van der Waals surface area contributed by atoms with E-state index in [1.807, 2.05) is 0 Å². The van der Waals surface area contributed by atoms with E-state index in [1.54, 1.807) is 11.0 Å². The number of aromatic nitrogens is 3. The number of nitrogens with zero attached hydrogens (tertiary/aromatic N) is 3. The molecule has 13 heavy (non-hydrogen) atoms. The predicted octanol–water partition coefficient (Wildman–Crippen LogP) is -0.325. The minimum absolute atomic E-state index is 0.179. The fourth-order valence-electron chi connectivity index (χ4n) is 1.57. The highest BCUT2D eigenvalue weighted by Gasteiger charge is 2.25. The van der Waals surface area contributed by atoms with Gasteiger partial charge < -0.3 is 9.84 Å². The second kappa shape index (κ2) is 3.85. The van der Waals surface area contributed by atoms with Crippen LogP contribution in [0.4, 0.5) is 0 Å². The SMILES string of the molecule is OCC1COC(Cn2cncn2)C1. The van der Waals surface area contributed by atoms with Crippen molar-refractivity contribution in [1.29, 1.82) is 0 Å². The molecule has 0 aromatic carbocycles. The number of aliphatic hydroxyl groups excluding tert-OH is 1. The molecule has 72 valence electrons. The van der Waals surface area contributed by atoms with Gasteiger partial charge in [-0.3, -0.25) is 4.68 Å². The minimum Gasteiger partial charge on any atom is -0.396 e. The van der Waals surface area contributed by atoms with Gasteiger partial charge in [-0.05, 0) is 6.42 Å². The van der Waals surface area contributed by atoms with E-state index < -0.39 is 0 Å². The lowest BCUT2D eigenvalue weighted by molar-refractivity contribution is 0.0867. The largest absolute Gasteiger partial charge is 0.396 e. The summed E-state index contributed by atoms with van der Waals surface area (Å²) in [7, 11) is 0. The van der Waals surface area contributed by atoms with Crippen molar-refractivity contribution < 1.29 is 9.84 Å². The molecule has 2 heterocycles. The highest BCUT2D eigenvalue weighted by molar-refractivity contribution is 4.73. The summed E-state index contributed by atoms with van der Waals surface area (Å²) in [6.45, 7) is 1.61. The van der Waals surface area contributed by atoms with Gasteiger partial charge in [0, 0.05) is 12.5 Å². The Morgan fingerprint density at radius 2 is 2.54 bits per heavy atom. The van der Waals surface area contributed by atoms with Gasteiger partial charge >= 0.3 is 0 Å². The molecule has 0 radical (unpaired) electrons. The third-order valence-corrected chi connectivity index (χ3v) is 2.28. The van der Waals surface area contributed by atoms with Crippen molar-refractivity contribution in [3.63, 3.8) is 0 Å². The van der Waals surface area contributed by atoms with E-state index in [2.05, 4.69) is 10.1 Å². The molecule has 1 aromatic heterocycles. The van der Waals surface area contributed by atoms with Crippen LogP contribution < -0.4 is 0 Å². The standard InChI is InChI=1S/C8H13N3O2/c12-3-7-1-8(13-4-7)2-11-6-9-5-10-11/h5-8,12H,1-4H2. The highest BCUT2D eigenvalue weighted by Crippen LogP contribution is 2.19. The van der Waals surface area contributed by atoms with Crippen LogP contribution in [0.3, 0.4) is 0 Å². The van der Waals surface area contributed by atoms with E-state index in [1.165, 1.54) is 6.33 Å². The molecule has 2 atom stereocenters. The van der Waals surface area contributed by atoms with Gasteiger partial charge in [0.05, 0.1) is 19.3 Å². The van der Waals surface area contributed by atoms with Crippen LogP contribution in [-0.2, 0) is 11.3 Å². The molecule has 5 heteroatoms. The highest BCUT2D eigenvalue weighted by atomic mass is 16.5. The van der Waals surface area contributed by atoms with Crippen LogP contribution in [0.1, 0.15) is 6.42 Å². The number of hydrogen-bond acceptors (Lipinski definition) is 4. The Hall–Kier alpha value is -0.940. The summed E-state index contributed by atoms with van der Waals surface area (Å²) in [5, 5.41) is 12.9. The number of ether oxygens (including phenoxy) is 1. The summed E-state index contributed by atoms with van der Waals surface area (Å²) in [6, 6.07) is 0. The summed E-state index contributed by atoms with van der Waals surface area (Å²) in [5.41, 5.74) is 0. The van der Waals surface area contributed by atoms with Crippen molar-refractivity contribution in [2.24, 2.45) is 5.92 Å². The Balaban J connectivity index is 1.84. The Kier molecular flexibility index (Phi) is 2.56. The fraction of sp³-hybridized carbons (Fsp3) is 0.750. The third kappa shape index (κ3) is 2.05. The van der Waals surface area contributed by atoms with Crippen molar-refractivity contribution >= 4 is 0 Å². The van der Waals surface area contributed by atoms with Gasteiger partial charge in [0.15, 0.2) is 0 Å². The summed E-state index contributed by atoms with van der Waals surface area (Å²) >= 11 is 0. The quantitative estimate of drug-likeness (QED) is 0.697. The number of rotatable bonds is 3.